The molecule has 2 aromatic rings. The second-order valence-electron chi connectivity index (χ2n) is 14.0. The number of aromatic hydroxyl groups is 1. The molecule has 0 radical (unpaired) electrons. The van der Waals surface area contributed by atoms with E-state index in [0.717, 1.165) is 30.9 Å². The molecule has 44 heavy (non-hydrogen) atoms. The highest BCUT2D eigenvalue weighted by atomic mass is 16.5. The van der Waals surface area contributed by atoms with Crippen LogP contribution in [0.15, 0.2) is 46.0 Å². The van der Waals surface area contributed by atoms with Crippen molar-refractivity contribution in [3.8, 4) is 16.9 Å². The average molecular weight is 605 g/mol. The fraction of sp³-hybridized carbons (Fsp3) is 0.514. The van der Waals surface area contributed by atoms with Gasteiger partial charge in [0.15, 0.2) is 17.2 Å². The number of hydrogen-bond acceptors (Lipinski definition) is 9. The summed E-state index contributed by atoms with van der Waals surface area (Å²) < 4.78 is 10.9. The van der Waals surface area contributed by atoms with E-state index in [1.54, 1.807) is 46.3 Å². The molecule has 1 saturated carbocycles. The van der Waals surface area contributed by atoms with Gasteiger partial charge in [0.05, 0.1) is 18.1 Å². The number of benzene rings is 1. The van der Waals surface area contributed by atoms with Gasteiger partial charge in [-0.3, -0.25) is 14.4 Å². The molecule has 4 atom stereocenters. The van der Waals surface area contributed by atoms with Crippen molar-refractivity contribution in [2.24, 2.45) is 28.6 Å². The number of carbonyl (C=O) groups is 3. The van der Waals surface area contributed by atoms with Crippen LogP contribution < -0.4 is 0 Å². The zero-order valence-electron chi connectivity index (χ0n) is 25.8. The Morgan fingerprint density at radius 1 is 1.11 bits per heavy atom. The molecule has 9 heteroatoms. The van der Waals surface area contributed by atoms with Gasteiger partial charge in [-0.2, -0.15) is 0 Å². The topological polar surface area (TPSA) is 154 Å². The average Bonchev–Trinajstić information content (AvgIpc) is 3.47. The van der Waals surface area contributed by atoms with Crippen LogP contribution in [0.2, 0.25) is 0 Å². The lowest BCUT2D eigenvalue weighted by Crippen LogP contribution is -2.69. The first kappa shape index (κ1) is 30.3. The predicted octanol–water partition coefficient (Wildman–Crippen LogP) is 5.42. The summed E-state index contributed by atoms with van der Waals surface area (Å²) in [5, 5.41) is 47.4. The highest BCUT2D eigenvalue weighted by Crippen LogP contribution is 2.65. The van der Waals surface area contributed by atoms with Crippen LogP contribution in [0.5, 0.6) is 5.75 Å². The van der Waals surface area contributed by atoms with Crippen LogP contribution in [0.1, 0.15) is 70.6 Å². The summed E-state index contributed by atoms with van der Waals surface area (Å²) >= 11 is 0. The number of ether oxygens (including phenoxy) is 1. The Balaban J connectivity index is 1.61. The maximum absolute atomic E-state index is 14.6. The lowest BCUT2D eigenvalue weighted by molar-refractivity contribution is -0.178. The van der Waals surface area contributed by atoms with Gasteiger partial charge in [-0.05, 0) is 79.7 Å². The van der Waals surface area contributed by atoms with E-state index in [-0.39, 0.29) is 41.6 Å². The molecule has 4 aliphatic rings. The maximum atomic E-state index is 14.6. The van der Waals surface area contributed by atoms with E-state index in [4.69, 9.17) is 9.15 Å². The van der Waals surface area contributed by atoms with Gasteiger partial charge >= 0.3 is 0 Å². The van der Waals surface area contributed by atoms with E-state index in [9.17, 15) is 34.8 Å². The Bertz CT molecular complexity index is 1640. The van der Waals surface area contributed by atoms with E-state index in [1.807, 2.05) is 6.07 Å². The smallest absolute Gasteiger partial charge is 0.203 e. The second-order valence-corrected chi connectivity index (χ2v) is 14.0. The largest absolute Gasteiger partial charge is 0.508 e. The van der Waals surface area contributed by atoms with Crippen molar-refractivity contribution in [1.29, 1.82) is 0 Å². The summed E-state index contributed by atoms with van der Waals surface area (Å²) in [7, 11) is 0. The van der Waals surface area contributed by atoms with E-state index in [0.29, 0.717) is 30.8 Å². The van der Waals surface area contributed by atoms with Gasteiger partial charge in [0.1, 0.15) is 22.8 Å². The van der Waals surface area contributed by atoms with Crippen LogP contribution in [0.25, 0.3) is 16.9 Å². The predicted molar refractivity (Wildman–Crippen MR) is 161 cm³/mol. The number of fused-ring (bicyclic) bond motifs is 3. The molecule has 1 aromatic heterocycles. The van der Waals surface area contributed by atoms with E-state index < -0.39 is 56.8 Å². The minimum atomic E-state index is -2.64. The summed E-state index contributed by atoms with van der Waals surface area (Å²) in [6.07, 6.45) is 5.57. The number of aliphatic hydroxyl groups is 3. The Kier molecular flexibility index (Phi) is 7.01. The molecule has 0 amide bonds. The number of phenols is 1. The quantitative estimate of drug-likeness (QED) is 0.328. The normalized spacial score (nSPS) is 30.8. The van der Waals surface area contributed by atoms with Crippen LogP contribution >= 0.6 is 0 Å². The maximum Gasteiger partial charge on any atom is 0.203 e. The fourth-order valence-electron chi connectivity index (χ4n) is 8.93. The second kappa shape index (κ2) is 10.2. The van der Waals surface area contributed by atoms with Crippen molar-refractivity contribution >= 4 is 23.1 Å². The summed E-state index contributed by atoms with van der Waals surface area (Å²) in [5.74, 6) is -4.98. The zero-order chi connectivity index (χ0) is 31.9. The first-order valence-electron chi connectivity index (χ1n) is 15.4. The zero-order valence-corrected chi connectivity index (χ0v) is 25.8. The molecule has 0 bridgehead atoms. The Morgan fingerprint density at radius 3 is 2.39 bits per heavy atom. The van der Waals surface area contributed by atoms with Crippen molar-refractivity contribution in [2.75, 3.05) is 13.2 Å². The summed E-state index contributed by atoms with van der Waals surface area (Å²) in [6.45, 7) is 9.37. The molecule has 3 aliphatic carbocycles. The lowest BCUT2D eigenvalue weighted by atomic mass is 9.43. The van der Waals surface area contributed by atoms with Crippen molar-refractivity contribution in [3.05, 3.63) is 58.3 Å². The molecule has 9 nitrogen and oxygen atoms in total. The third-order valence-corrected chi connectivity index (χ3v) is 10.8. The van der Waals surface area contributed by atoms with Gasteiger partial charge < -0.3 is 29.6 Å². The van der Waals surface area contributed by atoms with Gasteiger partial charge in [-0.15, -0.1) is 0 Å². The van der Waals surface area contributed by atoms with Crippen molar-refractivity contribution < 1.29 is 44.0 Å². The molecule has 1 saturated heterocycles. The third kappa shape index (κ3) is 4.01. The van der Waals surface area contributed by atoms with Gasteiger partial charge in [0, 0.05) is 41.1 Å². The SMILES string of the molecule is CC(=O)C1=C(O)[C@]2(O)C(=O)C3=C(O)c4c(O)c(CC5CCOCC5)cc(-c5ccoc5)c4C[C@]3(C)C[C@]2(C)C(C(C)C)C1=O. The van der Waals surface area contributed by atoms with E-state index in [1.165, 1.54) is 0 Å². The van der Waals surface area contributed by atoms with Crippen LogP contribution in [0.4, 0.5) is 0 Å². The fourth-order valence-corrected chi connectivity index (χ4v) is 8.93. The van der Waals surface area contributed by atoms with Gasteiger partial charge in [-0.25, -0.2) is 0 Å². The number of ketones is 3. The first-order chi connectivity index (χ1) is 20.7. The number of phenolic OH excluding ortho intramolecular Hbond substituents is 1. The molecule has 1 aliphatic heterocycles. The summed E-state index contributed by atoms with van der Waals surface area (Å²) in [5.41, 5.74) is -3.11. The van der Waals surface area contributed by atoms with Gasteiger partial charge in [0.2, 0.25) is 5.78 Å². The van der Waals surface area contributed by atoms with Gasteiger partial charge in [-0.1, -0.05) is 27.7 Å². The Labute approximate surface area is 256 Å². The number of rotatable bonds is 5. The molecular weight excluding hydrogens is 564 g/mol. The molecule has 1 aromatic carbocycles. The molecule has 1 unspecified atom stereocenters. The van der Waals surface area contributed by atoms with E-state index in [2.05, 4.69) is 0 Å². The molecular formula is C35H40O9. The number of allylic oxidation sites excluding steroid dienone is 1. The van der Waals surface area contributed by atoms with E-state index >= 15 is 0 Å². The minimum absolute atomic E-state index is 0.0420. The monoisotopic (exact) mass is 604 g/mol. The van der Waals surface area contributed by atoms with Crippen LogP contribution in [-0.2, 0) is 32.0 Å². The third-order valence-electron chi connectivity index (χ3n) is 10.8. The highest BCUT2D eigenvalue weighted by Gasteiger charge is 2.72. The van der Waals surface area contributed by atoms with Crippen LogP contribution in [-0.4, -0.2) is 56.6 Å². The van der Waals surface area contributed by atoms with Crippen LogP contribution in [0.3, 0.4) is 0 Å². The Morgan fingerprint density at radius 2 is 1.80 bits per heavy atom. The molecule has 234 valence electrons. The highest BCUT2D eigenvalue weighted by molar-refractivity contribution is 6.24. The molecule has 2 heterocycles. The molecule has 4 N–H and O–H groups in total. The van der Waals surface area contributed by atoms with Gasteiger partial charge in [0.25, 0.3) is 0 Å². The summed E-state index contributed by atoms with van der Waals surface area (Å²) in [6, 6.07) is 3.73. The lowest BCUT2D eigenvalue weighted by Gasteiger charge is -2.59. The standard InChI is InChI=1S/C35H40O9/c1-17(2)26-29(38)24(18(3)36)31(40)35(42)32(41)27-30(39)25-23(14-33(27,4)16-34(26,35)5)22(20-8-11-44-15-20)13-21(28(25)37)12-19-6-9-43-10-7-19/h8,11,13,15,17,19,26,37,39-40,42H,6-7,9-10,12,14,16H2,1-5H3/t26?,33-,34-,35+/m1/s1. The Hall–Kier alpha value is -3.69. The van der Waals surface area contributed by atoms with Crippen molar-refractivity contribution in [3.63, 3.8) is 0 Å². The van der Waals surface area contributed by atoms with Crippen LogP contribution in [0, 0.1) is 28.6 Å². The first-order valence-corrected chi connectivity index (χ1v) is 15.4. The number of carbonyl (C=O) groups excluding carboxylic acids is 3. The molecule has 0 spiro atoms. The summed E-state index contributed by atoms with van der Waals surface area (Å²) in [4.78, 5) is 41.0. The number of hydrogen-bond donors (Lipinski definition) is 4. The van der Waals surface area contributed by atoms with Crippen molar-refractivity contribution in [1.82, 2.24) is 0 Å². The van der Waals surface area contributed by atoms with Crippen molar-refractivity contribution in [2.45, 2.75) is 72.3 Å². The molecule has 2 fully saturated rings. The minimum Gasteiger partial charge on any atom is -0.508 e. The number of Topliss-reactive ketones (excluding diaryl/α,β-unsaturated/α-hetero) is 3. The molecule has 6 rings (SSSR count). The number of furan rings is 1. The number of aliphatic hydroxyl groups excluding tert-OH is 2.